The Balaban J connectivity index is 0.000000429. The summed E-state index contributed by atoms with van der Waals surface area (Å²) in [4.78, 5) is 36.5. The molecule has 3 aromatic heterocycles. The van der Waals surface area contributed by atoms with Crippen LogP contribution in [-0.4, -0.2) is 79.0 Å². The summed E-state index contributed by atoms with van der Waals surface area (Å²) < 4.78 is 60.2. The van der Waals surface area contributed by atoms with Crippen LogP contribution >= 0.6 is 11.6 Å². The summed E-state index contributed by atoms with van der Waals surface area (Å²) in [6, 6.07) is 3.11. The van der Waals surface area contributed by atoms with Gasteiger partial charge in [0.25, 0.3) is 12.3 Å². The Labute approximate surface area is 198 Å². The molecule has 1 aliphatic rings. The van der Waals surface area contributed by atoms with E-state index in [1.807, 2.05) is 4.90 Å². The first-order valence-electron chi connectivity index (χ1n) is 9.81. The van der Waals surface area contributed by atoms with Gasteiger partial charge in [0.1, 0.15) is 5.69 Å². The molecule has 16 heteroatoms. The van der Waals surface area contributed by atoms with Crippen LogP contribution in [0.1, 0.15) is 22.5 Å². The fourth-order valence-corrected chi connectivity index (χ4v) is 3.36. The minimum atomic E-state index is -5.08. The Morgan fingerprint density at radius 3 is 2.29 bits per heavy atom. The van der Waals surface area contributed by atoms with Crippen molar-refractivity contribution < 1.29 is 36.6 Å². The molecule has 4 heterocycles. The summed E-state index contributed by atoms with van der Waals surface area (Å²) in [6.45, 7) is 1.86. The van der Waals surface area contributed by atoms with Crippen molar-refractivity contribution >= 4 is 29.4 Å². The number of hydrogen-bond donors (Lipinski definition) is 2. The number of pyridine rings is 1. The van der Waals surface area contributed by atoms with Crippen LogP contribution in [0.25, 0.3) is 5.82 Å². The predicted octanol–water partition coefficient (Wildman–Crippen LogP) is 3.18. The average molecular weight is 522 g/mol. The highest BCUT2D eigenvalue weighted by Crippen LogP contribution is 2.29. The molecule has 0 radical (unpaired) electrons. The average Bonchev–Trinajstić information content (AvgIpc) is 3.49. The first-order valence-corrected chi connectivity index (χ1v) is 10.2. The van der Waals surface area contributed by atoms with Gasteiger partial charge in [-0.25, -0.2) is 28.2 Å². The van der Waals surface area contributed by atoms with E-state index in [2.05, 4.69) is 20.1 Å². The number of carboxylic acid groups (broad SMARTS) is 1. The number of carbonyl (C=O) groups excluding carboxylic acids is 1. The lowest BCUT2D eigenvalue weighted by Gasteiger charge is -2.34. The summed E-state index contributed by atoms with van der Waals surface area (Å²) in [6.07, 6.45) is -2.05. The van der Waals surface area contributed by atoms with Gasteiger partial charge >= 0.3 is 12.1 Å². The smallest absolute Gasteiger partial charge is 0.475 e. The number of anilines is 1. The van der Waals surface area contributed by atoms with Gasteiger partial charge in [0.15, 0.2) is 5.82 Å². The molecule has 0 atom stereocenters. The number of halogens is 6. The Morgan fingerprint density at radius 2 is 1.77 bits per heavy atom. The van der Waals surface area contributed by atoms with Gasteiger partial charge in [-0.1, -0.05) is 11.6 Å². The van der Waals surface area contributed by atoms with Crippen molar-refractivity contribution in [3.05, 3.63) is 53.2 Å². The lowest BCUT2D eigenvalue weighted by molar-refractivity contribution is -0.192. The molecule has 0 aromatic carbocycles. The molecule has 1 saturated heterocycles. The maximum atomic E-state index is 13.8. The third kappa shape index (κ3) is 6.03. The molecular formula is C19H17ClF5N7O3. The number of amides is 1. The normalized spacial score (nSPS) is 14.0. The molecule has 2 N–H and O–H groups in total. The van der Waals surface area contributed by atoms with Crippen LogP contribution < -0.4 is 4.90 Å². The van der Waals surface area contributed by atoms with Crippen LogP contribution in [-0.2, 0) is 4.79 Å². The van der Waals surface area contributed by atoms with Gasteiger partial charge in [0.2, 0.25) is 5.95 Å². The van der Waals surface area contributed by atoms with E-state index in [0.717, 1.165) is 16.8 Å². The SMILES string of the molecule is O=C(O)C(F)(F)F.O=C(c1cnn(-c2ncccc2Cl)c1C(F)F)N1CCN(c2ncc[nH]2)CC1. The van der Waals surface area contributed by atoms with E-state index >= 15 is 0 Å². The molecule has 3 aromatic rings. The Bertz CT molecular complexity index is 1160. The number of imidazole rings is 1. The summed E-state index contributed by atoms with van der Waals surface area (Å²) >= 11 is 6.06. The summed E-state index contributed by atoms with van der Waals surface area (Å²) in [5, 5.41) is 11.2. The molecule has 1 aliphatic heterocycles. The van der Waals surface area contributed by atoms with Crippen LogP contribution in [0.4, 0.5) is 27.9 Å². The molecule has 0 bridgehead atoms. The van der Waals surface area contributed by atoms with Crippen LogP contribution in [0.3, 0.4) is 0 Å². The maximum absolute atomic E-state index is 13.8. The minimum Gasteiger partial charge on any atom is -0.475 e. The number of piperazine rings is 1. The second kappa shape index (κ2) is 10.7. The van der Waals surface area contributed by atoms with Crippen LogP contribution in [0.15, 0.2) is 36.9 Å². The van der Waals surface area contributed by atoms with Gasteiger partial charge in [-0.3, -0.25) is 4.79 Å². The minimum absolute atomic E-state index is 0.0566. The number of hydrogen-bond acceptors (Lipinski definition) is 6. The van der Waals surface area contributed by atoms with Crippen LogP contribution in [0, 0.1) is 0 Å². The number of carbonyl (C=O) groups is 2. The standard InChI is InChI=1S/C17H16ClF2N7O.C2HF3O2/c18-12-2-1-3-21-15(12)27-13(14(19)20)11(10-24-27)16(28)25-6-8-26(9-7-25)17-22-4-5-23-17;3-2(4,5)1(6)7/h1-5,10,14H,6-9H2,(H,22,23);(H,6,7). The number of aliphatic carboxylic acids is 1. The number of H-pyrrole nitrogens is 1. The van der Waals surface area contributed by atoms with E-state index in [1.54, 1.807) is 18.5 Å². The first kappa shape index (κ1) is 25.9. The quantitative estimate of drug-likeness (QED) is 0.506. The van der Waals surface area contributed by atoms with E-state index in [1.165, 1.54) is 17.2 Å². The second-order valence-electron chi connectivity index (χ2n) is 6.96. The van der Waals surface area contributed by atoms with Gasteiger partial charge in [0.05, 0.1) is 16.8 Å². The van der Waals surface area contributed by atoms with Crippen molar-refractivity contribution in [2.45, 2.75) is 12.6 Å². The topological polar surface area (TPSA) is 120 Å². The van der Waals surface area contributed by atoms with Gasteiger partial charge < -0.3 is 19.9 Å². The number of rotatable bonds is 4. The van der Waals surface area contributed by atoms with E-state index in [9.17, 15) is 26.7 Å². The Morgan fingerprint density at radius 1 is 1.11 bits per heavy atom. The molecule has 0 spiro atoms. The first-order chi connectivity index (χ1) is 16.5. The molecular weight excluding hydrogens is 505 g/mol. The number of aromatic nitrogens is 5. The third-order valence-electron chi connectivity index (χ3n) is 4.78. The fourth-order valence-electron chi connectivity index (χ4n) is 3.16. The highest BCUT2D eigenvalue weighted by molar-refractivity contribution is 6.32. The van der Waals surface area contributed by atoms with Crippen molar-refractivity contribution in [1.82, 2.24) is 29.6 Å². The van der Waals surface area contributed by atoms with Crippen molar-refractivity contribution in [2.24, 2.45) is 0 Å². The van der Waals surface area contributed by atoms with Crippen molar-refractivity contribution in [3.63, 3.8) is 0 Å². The summed E-state index contributed by atoms with van der Waals surface area (Å²) in [5.41, 5.74) is -0.665. The molecule has 10 nitrogen and oxygen atoms in total. The number of carboxylic acids is 1. The fraction of sp³-hybridized carbons (Fsp3) is 0.316. The highest BCUT2D eigenvalue weighted by atomic mass is 35.5. The zero-order valence-corrected chi connectivity index (χ0v) is 18.3. The number of aromatic amines is 1. The van der Waals surface area contributed by atoms with E-state index < -0.39 is 30.2 Å². The molecule has 0 aliphatic carbocycles. The molecule has 0 unspecified atom stereocenters. The molecule has 0 saturated carbocycles. The number of alkyl halides is 5. The Hall–Kier alpha value is -3.75. The second-order valence-corrected chi connectivity index (χ2v) is 7.37. The molecule has 1 fully saturated rings. The zero-order chi connectivity index (χ0) is 25.8. The van der Waals surface area contributed by atoms with E-state index in [4.69, 9.17) is 21.5 Å². The van der Waals surface area contributed by atoms with Crippen molar-refractivity contribution in [1.29, 1.82) is 0 Å². The van der Waals surface area contributed by atoms with Gasteiger partial charge in [-0.15, -0.1) is 0 Å². The molecule has 4 rings (SSSR count). The number of nitrogens with zero attached hydrogens (tertiary/aromatic N) is 6. The van der Waals surface area contributed by atoms with Crippen LogP contribution in [0.2, 0.25) is 5.02 Å². The van der Waals surface area contributed by atoms with E-state index in [-0.39, 0.29) is 16.4 Å². The molecule has 188 valence electrons. The molecule has 1 amide bonds. The zero-order valence-electron chi connectivity index (χ0n) is 17.6. The maximum Gasteiger partial charge on any atom is 0.490 e. The number of nitrogens with one attached hydrogen (secondary N) is 1. The van der Waals surface area contributed by atoms with Gasteiger partial charge in [-0.05, 0) is 12.1 Å². The molecule has 35 heavy (non-hydrogen) atoms. The summed E-state index contributed by atoms with van der Waals surface area (Å²) in [5.74, 6) is -2.47. The van der Waals surface area contributed by atoms with E-state index in [0.29, 0.717) is 26.2 Å². The van der Waals surface area contributed by atoms with Gasteiger partial charge in [-0.2, -0.15) is 18.3 Å². The van der Waals surface area contributed by atoms with Crippen molar-refractivity contribution in [3.8, 4) is 5.82 Å². The lowest BCUT2D eigenvalue weighted by atomic mass is 10.2. The van der Waals surface area contributed by atoms with Crippen LogP contribution in [0.5, 0.6) is 0 Å². The Kier molecular flexibility index (Phi) is 7.89. The monoisotopic (exact) mass is 521 g/mol. The van der Waals surface area contributed by atoms with Gasteiger partial charge in [0, 0.05) is 44.8 Å². The largest absolute Gasteiger partial charge is 0.490 e. The highest BCUT2D eigenvalue weighted by Gasteiger charge is 2.38. The van der Waals surface area contributed by atoms with Crippen molar-refractivity contribution in [2.75, 3.05) is 31.1 Å². The summed E-state index contributed by atoms with van der Waals surface area (Å²) in [7, 11) is 0. The lowest BCUT2D eigenvalue weighted by Crippen LogP contribution is -2.49. The predicted molar refractivity (Wildman–Crippen MR) is 112 cm³/mol. The third-order valence-corrected chi connectivity index (χ3v) is 5.07.